The molecule has 0 atom stereocenters. The van der Waals surface area contributed by atoms with Crippen LogP contribution in [0.5, 0.6) is 0 Å². The topological polar surface area (TPSA) is 17.1 Å². The van der Waals surface area contributed by atoms with Gasteiger partial charge < -0.3 is 0 Å². The summed E-state index contributed by atoms with van der Waals surface area (Å²) in [6.07, 6.45) is 0. The molecule has 0 aliphatic carbocycles. The van der Waals surface area contributed by atoms with Gasteiger partial charge in [0.05, 0.1) is 5.88 Å². The highest BCUT2D eigenvalue weighted by Gasteiger charge is 2.11. The summed E-state index contributed by atoms with van der Waals surface area (Å²) in [5, 5.41) is 0. The molecule has 0 N–H and O–H groups in total. The molecule has 13 heavy (non-hydrogen) atoms. The van der Waals surface area contributed by atoms with Crippen LogP contribution < -0.4 is 0 Å². The van der Waals surface area contributed by atoms with E-state index in [-0.39, 0.29) is 11.7 Å². The lowest BCUT2D eigenvalue weighted by atomic mass is 10.1. The Bertz CT molecular complexity index is 352. The van der Waals surface area contributed by atoms with E-state index >= 15 is 0 Å². The molecule has 0 bridgehead atoms. The molecular weight excluding hydrogens is 366 g/mol. The Morgan fingerprint density at radius 3 is 2.77 bits per heavy atom. The summed E-state index contributed by atoms with van der Waals surface area (Å²) in [6.45, 7) is 1.96. The Morgan fingerprint density at radius 2 is 2.23 bits per heavy atom. The van der Waals surface area contributed by atoms with Gasteiger partial charge in [-0.05, 0) is 63.1 Å². The number of halogens is 3. The van der Waals surface area contributed by atoms with Crippen molar-refractivity contribution >= 4 is 55.9 Å². The van der Waals surface area contributed by atoms with E-state index in [1.807, 2.05) is 19.1 Å². The molecule has 1 nitrogen and oxygen atoms in total. The van der Waals surface area contributed by atoms with Crippen LogP contribution in [0.4, 0.5) is 0 Å². The van der Waals surface area contributed by atoms with Gasteiger partial charge in [-0.3, -0.25) is 4.79 Å². The van der Waals surface area contributed by atoms with Crippen LogP contribution in [-0.4, -0.2) is 11.7 Å². The number of ketones is 1. The van der Waals surface area contributed by atoms with Gasteiger partial charge in [-0.15, -0.1) is 11.6 Å². The van der Waals surface area contributed by atoms with Gasteiger partial charge >= 0.3 is 0 Å². The van der Waals surface area contributed by atoms with Crippen molar-refractivity contribution in [2.75, 3.05) is 5.88 Å². The van der Waals surface area contributed by atoms with Crippen molar-refractivity contribution in [1.82, 2.24) is 0 Å². The molecule has 1 rings (SSSR count). The number of aryl methyl sites for hydroxylation is 1. The minimum Gasteiger partial charge on any atom is -0.293 e. The number of alkyl halides is 1. The zero-order chi connectivity index (χ0) is 10.0. The summed E-state index contributed by atoms with van der Waals surface area (Å²) in [5.74, 6) is -0.0202. The zero-order valence-electron chi connectivity index (χ0n) is 6.90. The summed E-state index contributed by atoms with van der Waals surface area (Å²) in [5.41, 5.74) is 1.72. The van der Waals surface area contributed by atoms with Gasteiger partial charge in [-0.2, -0.15) is 0 Å². The lowest BCUT2D eigenvalue weighted by molar-refractivity contribution is 0.102. The van der Waals surface area contributed by atoms with E-state index < -0.39 is 0 Å². The highest BCUT2D eigenvalue weighted by Crippen LogP contribution is 2.24. The third kappa shape index (κ3) is 2.67. The van der Waals surface area contributed by atoms with Crippen LogP contribution in [-0.2, 0) is 0 Å². The molecule has 0 radical (unpaired) electrons. The lowest BCUT2D eigenvalue weighted by Gasteiger charge is -2.05. The van der Waals surface area contributed by atoms with E-state index in [0.717, 1.165) is 13.6 Å². The molecule has 0 saturated carbocycles. The van der Waals surface area contributed by atoms with Gasteiger partial charge in [0.15, 0.2) is 5.78 Å². The summed E-state index contributed by atoms with van der Waals surface area (Å²) in [6, 6.07) is 3.85. The van der Waals surface area contributed by atoms with Crippen LogP contribution in [0.15, 0.2) is 16.6 Å². The SMILES string of the molecule is Cc1cc(I)cc(C(=O)CCl)c1Br. The number of carbonyl (C=O) groups excluding carboxylic acids is 1. The average molecular weight is 373 g/mol. The van der Waals surface area contributed by atoms with E-state index in [1.54, 1.807) is 0 Å². The Kier molecular flexibility index (Phi) is 4.19. The van der Waals surface area contributed by atoms with E-state index in [0.29, 0.717) is 5.56 Å². The van der Waals surface area contributed by atoms with Crippen molar-refractivity contribution in [2.24, 2.45) is 0 Å². The number of carbonyl (C=O) groups is 1. The first-order valence-corrected chi connectivity index (χ1v) is 6.01. The van der Waals surface area contributed by atoms with Gasteiger partial charge in [0.1, 0.15) is 0 Å². The molecule has 0 aromatic heterocycles. The second-order valence-electron chi connectivity index (χ2n) is 2.64. The fourth-order valence-corrected chi connectivity index (χ4v) is 2.37. The number of hydrogen-bond acceptors (Lipinski definition) is 1. The van der Waals surface area contributed by atoms with Crippen LogP contribution in [0.2, 0.25) is 0 Å². The van der Waals surface area contributed by atoms with Crippen LogP contribution in [0.25, 0.3) is 0 Å². The van der Waals surface area contributed by atoms with E-state index in [4.69, 9.17) is 11.6 Å². The Hall–Kier alpha value is 0.390. The molecule has 0 aliphatic heterocycles. The number of rotatable bonds is 2. The summed E-state index contributed by atoms with van der Waals surface area (Å²) in [7, 11) is 0. The Balaban J connectivity index is 3.28. The standard InChI is InChI=1S/C9H7BrClIO/c1-5-2-6(12)3-7(9(5)10)8(13)4-11/h2-3H,4H2,1H3. The molecule has 0 fully saturated rings. The van der Waals surface area contributed by atoms with E-state index in [1.165, 1.54) is 0 Å². The first kappa shape index (κ1) is 11.5. The van der Waals surface area contributed by atoms with E-state index in [2.05, 4.69) is 38.5 Å². The van der Waals surface area contributed by atoms with Crippen LogP contribution >= 0.6 is 50.1 Å². The third-order valence-corrected chi connectivity index (χ3v) is 3.56. The first-order chi connectivity index (χ1) is 6.06. The van der Waals surface area contributed by atoms with Crippen LogP contribution in [0.1, 0.15) is 15.9 Å². The molecule has 0 spiro atoms. The van der Waals surface area contributed by atoms with Crippen molar-refractivity contribution in [3.8, 4) is 0 Å². The highest BCUT2D eigenvalue weighted by molar-refractivity contribution is 14.1. The quantitative estimate of drug-likeness (QED) is 0.438. The second kappa shape index (κ2) is 4.75. The maximum absolute atomic E-state index is 11.4. The first-order valence-electron chi connectivity index (χ1n) is 3.61. The minimum absolute atomic E-state index is 0.0259. The molecule has 4 heteroatoms. The maximum Gasteiger partial charge on any atom is 0.178 e. The van der Waals surface area contributed by atoms with Gasteiger partial charge in [-0.1, -0.05) is 0 Å². The van der Waals surface area contributed by atoms with Crippen molar-refractivity contribution < 1.29 is 4.79 Å². The normalized spacial score (nSPS) is 10.2. The smallest absolute Gasteiger partial charge is 0.178 e. The van der Waals surface area contributed by atoms with Gasteiger partial charge in [0, 0.05) is 13.6 Å². The number of benzene rings is 1. The molecule has 0 amide bonds. The fraction of sp³-hybridized carbons (Fsp3) is 0.222. The van der Waals surface area contributed by atoms with Gasteiger partial charge in [-0.25, -0.2) is 0 Å². The van der Waals surface area contributed by atoms with Gasteiger partial charge in [0.25, 0.3) is 0 Å². The predicted molar refractivity (Wildman–Crippen MR) is 66.6 cm³/mol. The predicted octanol–water partition coefficient (Wildman–Crippen LogP) is 3.78. The number of Topliss-reactive ketones (excluding diaryl/α,β-unsaturated/α-hetero) is 1. The van der Waals surface area contributed by atoms with Gasteiger partial charge in [0.2, 0.25) is 0 Å². The summed E-state index contributed by atoms with van der Waals surface area (Å²) < 4.78 is 1.89. The molecule has 70 valence electrons. The van der Waals surface area contributed by atoms with Crippen molar-refractivity contribution in [3.63, 3.8) is 0 Å². The number of hydrogen-bond donors (Lipinski definition) is 0. The third-order valence-electron chi connectivity index (χ3n) is 1.64. The average Bonchev–Trinajstić information content (AvgIpc) is 2.10. The zero-order valence-corrected chi connectivity index (χ0v) is 11.4. The van der Waals surface area contributed by atoms with E-state index in [9.17, 15) is 4.79 Å². The van der Waals surface area contributed by atoms with Crippen molar-refractivity contribution in [3.05, 3.63) is 31.3 Å². The molecule has 0 aliphatic rings. The summed E-state index contributed by atoms with van der Waals surface area (Å²) >= 11 is 11.0. The molecule has 0 unspecified atom stereocenters. The fourth-order valence-electron chi connectivity index (χ4n) is 1.00. The minimum atomic E-state index is -0.0462. The van der Waals surface area contributed by atoms with Crippen molar-refractivity contribution in [2.45, 2.75) is 6.92 Å². The van der Waals surface area contributed by atoms with Crippen molar-refractivity contribution in [1.29, 1.82) is 0 Å². The molecule has 1 aromatic carbocycles. The lowest BCUT2D eigenvalue weighted by Crippen LogP contribution is -2.03. The molecular formula is C9H7BrClIO. The Labute approximate surface area is 104 Å². The van der Waals surface area contributed by atoms with Crippen LogP contribution in [0, 0.1) is 10.5 Å². The molecule has 0 heterocycles. The van der Waals surface area contributed by atoms with Crippen LogP contribution in [0.3, 0.4) is 0 Å². The maximum atomic E-state index is 11.4. The molecule has 1 aromatic rings. The highest BCUT2D eigenvalue weighted by atomic mass is 127. The monoisotopic (exact) mass is 372 g/mol. The summed E-state index contributed by atoms with van der Waals surface area (Å²) in [4.78, 5) is 11.4. The second-order valence-corrected chi connectivity index (χ2v) is 4.95. The Morgan fingerprint density at radius 1 is 1.62 bits per heavy atom. The largest absolute Gasteiger partial charge is 0.293 e. The molecule has 0 saturated heterocycles.